The molecule has 7 heteroatoms. The van der Waals surface area contributed by atoms with Gasteiger partial charge in [-0.15, -0.1) is 0 Å². The van der Waals surface area contributed by atoms with Gasteiger partial charge in [0.2, 0.25) is 5.95 Å². The fourth-order valence-corrected chi connectivity index (χ4v) is 3.18. The Morgan fingerprint density at radius 2 is 1.88 bits per heavy atom. The normalized spacial score (nSPS) is 18.1. The van der Waals surface area contributed by atoms with Gasteiger partial charge in [0.05, 0.1) is 6.61 Å². The number of ether oxygens (including phenoxy) is 2. The second-order valence-electron chi connectivity index (χ2n) is 5.98. The van der Waals surface area contributed by atoms with Crippen LogP contribution >= 0.6 is 0 Å². The van der Waals surface area contributed by atoms with E-state index < -0.39 is 0 Å². The zero-order chi connectivity index (χ0) is 16.4. The number of piperazine rings is 1. The maximum atomic E-state index is 13.8. The van der Waals surface area contributed by atoms with Crippen LogP contribution < -0.4 is 9.64 Å². The second kappa shape index (κ2) is 6.70. The summed E-state index contributed by atoms with van der Waals surface area (Å²) in [6.07, 6.45) is 3.51. The molecule has 1 aromatic carbocycles. The van der Waals surface area contributed by atoms with Crippen molar-refractivity contribution < 1.29 is 13.9 Å². The second-order valence-corrected chi connectivity index (χ2v) is 5.98. The molecule has 1 saturated heterocycles. The number of halogens is 1. The summed E-state index contributed by atoms with van der Waals surface area (Å²) in [5.41, 5.74) is 1.67. The van der Waals surface area contributed by atoms with Crippen molar-refractivity contribution >= 4 is 5.95 Å². The van der Waals surface area contributed by atoms with E-state index in [-0.39, 0.29) is 12.6 Å². The summed E-state index contributed by atoms with van der Waals surface area (Å²) in [6.45, 7) is 4.75. The van der Waals surface area contributed by atoms with E-state index in [1.54, 1.807) is 18.5 Å². The summed E-state index contributed by atoms with van der Waals surface area (Å²) in [6, 6.07) is 4.87. The number of aromatic nitrogens is 2. The molecule has 2 aromatic rings. The smallest absolute Gasteiger partial charge is 0.225 e. The predicted octanol–water partition coefficient (Wildman–Crippen LogP) is 1.80. The van der Waals surface area contributed by atoms with Crippen LogP contribution in [0.2, 0.25) is 0 Å². The fourth-order valence-electron chi connectivity index (χ4n) is 3.18. The van der Waals surface area contributed by atoms with Crippen molar-refractivity contribution in [3.63, 3.8) is 0 Å². The van der Waals surface area contributed by atoms with Gasteiger partial charge in [-0.2, -0.15) is 0 Å². The highest BCUT2D eigenvalue weighted by Crippen LogP contribution is 2.30. The minimum absolute atomic E-state index is 0.227. The van der Waals surface area contributed by atoms with Gasteiger partial charge in [0.1, 0.15) is 11.6 Å². The lowest BCUT2D eigenvalue weighted by Crippen LogP contribution is -2.46. The summed E-state index contributed by atoms with van der Waals surface area (Å²) in [4.78, 5) is 13.1. The Morgan fingerprint density at radius 1 is 1.08 bits per heavy atom. The number of rotatable bonds is 3. The van der Waals surface area contributed by atoms with Crippen LogP contribution in [-0.4, -0.2) is 47.8 Å². The highest BCUT2D eigenvalue weighted by Gasteiger charge is 2.22. The van der Waals surface area contributed by atoms with Crippen LogP contribution in [-0.2, 0) is 17.9 Å². The van der Waals surface area contributed by atoms with Crippen LogP contribution in [0.4, 0.5) is 10.3 Å². The SMILES string of the molecule is Fc1cc2c(c(CN3CCN(c4ncccn4)CC3)c1)OCOC2. The first-order valence-corrected chi connectivity index (χ1v) is 8.06. The Labute approximate surface area is 139 Å². The first-order chi connectivity index (χ1) is 11.8. The van der Waals surface area contributed by atoms with Crippen LogP contribution in [0.15, 0.2) is 30.6 Å². The minimum atomic E-state index is -0.242. The first kappa shape index (κ1) is 15.3. The molecular weight excluding hydrogens is 311 g/mol. The van der Waals surface area contributed by atoms with E-state index in [0.29, 0.717) is 13.2 Å². The van der Waals surface area contributed by atoms with Gasteiger partial charge in [-0.25, -0.2) is 14.4 Å². The summed E-state index contributed by atoms with van der Waals surface area (Å²) in [7, 11) is 0. The monoisotopic (exact) mass is 330 g/mol. The van der Waals surface area contributed by atoms with Gasteiger partial charge in [-0.05, 0) is 18.2 Å². The Morgan fingerprint density at radius 3 is 2.67 bits per heavy atom. The van der Waals surface area contributed by atoms with Gasteiger partial charge >= 0.3 is 0 Å². The summed E-state index contributed by atoms with van der Waals surface area (Å²) < 4.78 is 24.7. The molecule has 0 bridgehead atoms. The maximum absolute atomic E-state index is 13.8. The summed E-state index contributed by atoms with van der Waals surface area (Å²) in [5.74, 6) is 1.30. The lowest BCUT2D eigenvalue weighted by molar-refractivity contribution is -0.0177. The Hall–Kier alpha value is -2.25. The minimum Gasteiger partial charge on any atom is -0.467 e. The highest BCUT2D eigenvalue weighted by atomic mass is 19.1. The van der Waals surface area contributed by atoms with Crippen LogP contribution in [0.5, 0.6) is 5.75 Å². The molecule has 0 aliphatic carbocycles. The van der Waals surface area contributed by atoms with Crippen LogP contribution in [0, 0.1) is 5.82 Å². The van der Waals surface area contributed by atoms with Crippen molar-refractivity contribution in [3.8, 4) is 5.75 Å². The molecule has 24 heavy (non-hydrogen) atoms. The fraction of sp³-hybridized carbons (Fsp3) is 0.412. The predicted molar refractivity (Wildman–Crippen MR) is 86.2 cm³/mol. The summed E-state index contributed by atoms with van der Waals surface area (Å²) >= 11 is 0. The Kier molecular flexibility index (Phi) is 4.27. The topological polar surface area (TPSA) is 50.7 Å². The molecule has 0 spiro atoms. The standard InChI is InChI=1S/C17H19FN4O2/c18-15-8-13(16-14(9-15)11-23-12-24-16)10-21-4-6-22(7-5-21)17-19-2-1-3-20-17/h1-3,8-9H,4-7,10-12H2. The number of benzene rings is 1. The quantitative estimate of drug-likeness (QED) is 0.855. The molecule has 3 heterocycles. The van der Waals surface area contributed by atoms with E-state index in [2.05, 4.69) is 19.8 Å². The van der Waals surface area contributed by atoms with Gasteiger partial charge in [0.25, 0.3) is 0 Å². The van der Waals surface area contributed by atoms with Gasteiger partial charge in [0, 0.05) is 56.2 Å². The third kappa shape index (κ3) is 3.18. The molecule has 0 N–H and O–H groups in total. The molecule has 0 unspecified atom stereocenters. The number of hydrogen-bond acceptors (Lipinski definition) is 6. The number of fused-ring (bicyclic) bond motifs is 1. The van der Waals surface area contributed by atoms with Crippen molar-refractivity contribution in [2.45, 2.75) is 13.2 Å². The average Bonchev–Trinajstić information content (AvgIpc) is 2.63. The van der Waals surface area contributed by atoms with Gasteiger partial charge < -0.3 is 14.4 Å². The number of anilines is 1. The molecule has 126 valence electrons. The molecule has 0 radical (unpaired) electrons. The third-order valence-electron chi connectivity index (χ3n) is 4.35. The molecule has 0 saturated carbocycles. The summed E-state index contributed by atoms with van der Waals surface area (Å²) in [5, 5.41) is 0. The molecule has 0 atom stereocenters. The van der Waals surface area contributed by atoms with E-state index in [1.165, 1.54) is 6.07 Å². The molecule has 4 rings (SSSR count). The molecule has 6 nitrogen and oxygen atoms in total. The molecule has 2 aliphatic heterocycles. The van der Waals surface area contributed by atoms with E-state index in [0.717, 1.165) is 49.0 Å². The molecule has 2 aliphatic rings. The number of hydrogen-bond donors (Lipinski definition) is 0. The Bertz CT molecular complexity index is 705. The van der Waals surface area contributed by atoms with Crippen molar-refractivity contribution in [2.24, 2.45) is 0 Å². The van der Waals surface area contributed by atoms with Crippen molar-refractivity contribution in [1.29, 1.82) is 0 Å². The zero-order valence-corrected chi connectivity index (χ0v) is 13.3. The molecular formula is C17H19FN4O2. The molecule has 0 amide bonds. The molecule has 1 aromatic heterocycles. The van der Waals surface area contributed by atoms with E-state index in [1.807, 2.05) is 6.07 Å². The van der Waals surface area contributed by atoms with Crippen molar-refractivity contribution in [3.05, 3.63) is 47.5 Å². The van der Waals surface area contributed by atoms with E-state index in [4.69, 9.17) is 9.47 Å². The van der Waals surface area contributed by atoms with Crippen molar-refractivity contribution in [1.82, 2.24) is 14.9 Å². The van der Waals surface area contributed by atoms with Gasteiger partial charge in [0.15, 0.2) is 6.79 Å². The third-order valence-corrected chi connectivity index (χ3v) is 4.35. The largest absolute Gasteiger partial charge is 0.467 e. The van der Waals surface area contributed by atoms with Crippen LogP contribution in [0.3, 0.4) is 0 Å². The van der Waals surface area contributed by atoms with E-state index >= 15 is 0 Å². The number of nitrogens with zero attached hydrogens (tertiary/aromatic N) is 4. The lowest BCUT2D eigenvalue weighted by atomic mass is 10.1. The van der Waals surface area contributed by atoms with Gasteiger partial charge in [-0.1, -0.05) is 0 Å². The Balaban J connectivity index is 1.43. The zero-order valence-electron chi connectivity index (χ0n) is 13.3. The average molecular weight is 330 g/mol. The lowest BCUT2D eigenvalue weighted by Gasteiger charge is -2.35. The first-order valence-electron chi connectivity index (χ1n) is 8.06. The maximum Gasteiger partial charge on any atom is 0.225 e. The highest BCUT2D eigenvalue weighted by molar-refractivity contribution is 5.42. The van der Waals surface area contributed by atoms with Crippen LogP contribution in [0.25, 0.3) is 0 Å². The van der Waals surface area contributed by atoms with E-state index in [9.17, 15) is 4.39 Å². The molecule has 1 fully saturated rings. The van der Waals surface area contributed by atoms with Gasteiger partial charge in [-0.3, -0.25) is 4.90 Å². The van der Waals surface area contributed by atoms with Crippen molar-refractivity contribution in [2.75, 3.05) is 37.9 Å². The van der Waals surface area contributed by atoms with Crippen LogP contribution in [0.1, 0.15) is 11.1 Å².